The zero-order valence-corrected chi connectivity index (χ0v) is 12.3. The highest BCUT2D eigenvalue weighted by Crippen LogP contribution is 2.34. The van der Waals surface area contributed by atoms with Gasteiger partial charge in [-0.2, -0.15) is 0 Å². The van der Waals surface area contributed by atoms with Crippen LogP contribution in [0.4, 0.5) is 5.82 Å². The highest BCUT2D eigenvalue weighted by atomic mass is 16.5. The Kier molecular flexibility index (Phi) is 5.14. The first kappa shape index (κ1) is 14.3. The number of nitrogens with one attached hydrogen (secondary N) is 1. The van der Waals surface area contributed by atoms with Crippen LogP contribution in [0.25, 0.3) is 0 Å². The van der Waals surface area contributed by atoms with Crippen molar-refractivity contribution in [3.63, 3.8) is 0 Å². The molecule has 0 radical (unpaired) electrons. The Labute approximate surface area is 116 Å². The number of hydrogen-bond donors (Lipinski definition) is 1. The van der Waals surface area contributed by atoms with Gasteiger partial charge in [0.1, 0.15) is 11.6 Å². The lowest BCUT2D eigenvalue weighted by molar-refractivity contribution is 0.181. The summed E-state index contributed by atoms with van der Waals surface area (Å²) in [5.74, 6) is 3.23. The van der Waals surface area contributed by atoms with E-state index >= 15 is 0 Å². The number of ether oxygens (including phenoxy) is 1. The molecule has 0 aromatic carbocycles. The van der Waals surface area contributed by atoms with Crippen molar-refractivity contribution >= 4 is 5.82 Å². The van der Waals surface area contributed by atoms with Crippen LogP contribution in [0.5, 0.6) is 0 Å². The molecule has 0 aliphatic heterocycles. The summed E-state index contributed by atoms with van der Waals surface area (Å²) in [5.41, 5.74) is 0.974. The summed E-state index contributed by atoms with van der Waals surface area (Å²) in [7, 11) is 1.71. The second-order valence-corrected chi connectivity index (χ2v) is 5.53. The van der Waals surface area contributed by atoms with Crippen molar-refractivity contribution in [2.24, 2.45) is 5.92 Å². The second kappa shape index (κ2) is 6.85. The zero-order chi connectivity index (χ0) is 13.7. The maximum Gasteiger partial charge on any atom is 0.134 e. The van der Waals surface area contributed by atoms with E-state index in [-0.39, 0.29) is 0 Å². The average Bonchev–Trinajstić information content (AvgIpc) is 2.39. The van der Waals surface area contributed by atoms with Crippen molar-refractivity contribution in [3.8, 4) is 0 Å². The first-order valence-electron chi connectivity index (χ1n) is 7.33. The molecule has 1 fully saturated rings. The fraction of sp³-hybridized carbons (Fsp3) is 0.733. The first-order valence-corrected chi connectivity index (χ1v) is 7.33. The molecule has 1 aliphatic carbocycles. The fourth-order valence-corrected chi connectivity index (χ4v) is 2.86. The lowest BCUT2D eigenvalue weighted by atomic mass is 9.82. The molecule has 0 bridgehead atoms. The van der Waals surface area contributed by atoms with E-state index < -0.39 is 0 Å². The lowest BCUT2D eigenvalue weighted by Gasteiger charge is -2.26. The fourth-order valence-electron chi connectivity index (χ4n) is 2.86. The predicted octanol–water partition coefficient (Wildman–Crippen LogP) is 3.35. The van der Waals surface area contributed by atoms with Crippen LogP contribution in [0.1, 0.15) is 57.0 Å². The van der Waals surface area contributed by atoms with Crippen molar-refractivity contribution in [2.45, 2.75) is 52.1 Å². The highest BCUT2D eigenvalue weighted by molar-refractivity contribution is 5.36. The van der Waals surface area contributed by atoms with Gasteiger partial charge in [0, 0.05) is 25.6 Å². The quantitative estimate of drug-likeness (QED) is 0.885. The third-order valence-corrected chi connectivity index (χ3v) is 3.75. The molecule has 0 spiro atoms. The molecule has 1 N–H and O–H groups in total. The van der Waals surface area contributed by atoms with Crippen molar-refractivity contribution < 1.29 is 4.74 Å². The van der Waals surface area contributed by atoms with Gasteiger partial charge in [-0.1, -0.05) is 19.8 Å². The molecule has 0 saturated heterocycles. The van der Waals surface area contributed by atoms with Gasteiger partial charge in [0.15, 0.2) is 0 Å². The van der Waals surface area contributed by atoms with Crippen LogP contribution in [0.15, 0.2) is 6.07 Å². The maximum atomic E-state index is 5.21. The summed E-state index contributed by atoms with van der Waals surface area (Å²) in [6.45, 7) is 5.84. The molecule has 1 heterocycles. The maximum absolute atomic E-state index is 5.21. The summed E-state index contributed by atoms with van der Waals surface area (Å²) in [5, 5.41) is 3.29. The number of nitrogens with zero attached hydrogens (tertiary/aromatic N) is 2. The average molecular weight is 263 g/mol. The molecule has 106 valence electrons. The van der Waals surface area contributed by atoms with E-state index in [4.69, 9.17) is 4.74 Å². The van der Waals surface area contributed by atoms with Gasteiger partial charge >= 0.3 is 0 Å². The summed E-state index contributed by atoms with van der Waals surface area (Å²) < 4.78 is 5.21. The van der Waals surface area contributed by atoms with Gasteiger partial charge < -0.3 is 10.1 Å². The van der Waals surface area contributed by atoms with Gasteiger partial charge in [-0.25, -0.2) is 9.97 Å². The molecule has 4 heteroatoms. The number of rotatable bonds is 5. The van der Waals surface area contributed by atoms with E-state index in [1.807, 2.05) is 6.07 Å². The molecular weight excluding hydrogens is 238 g/mol. The zero-order valence-electron chi connectivity index (χ0n) is 12.3. The van der Waals surface area contributed by atoms with Crippen molar-refractivity contribution in [3.05, 3.63) is 17.6 Å². The molecule has 1 aromatic rings. The predicted molar refractivity (Wildman–Crippen MR) is 77.3 cm³/mol. The highest BCUT2D eigenvalue weighted by Gasteiger charge is 2.23. The Morgan fingerprint density at radius 1 is 1.37 bits per heavy atom. The molecule has 1 aliphatic rings. The van der Waals surface area contributed by atoms with Gasteiger partial charge in [0.05, 0.1) is 12.3 Å². The number of hydrogen-bond acceptors (Lipinski definition) is 4. The minimum atomic E-state index is 0.512. The molecular formula is C15H25N3O. The number of anilines is 1. The Hall–Kier alpha value is -1.16. The lowest BCUT2D eigenvalue weighted by Crippen LogP contribution is -2.16. The van der Waals surface area contributed by atoms with E-state index in [0.717, 1.165) is 29.8 Å². The van der Waals surface area contributed by atoms with Gasteiger partial charge in [-0.15, -0.1) is 0 Å². The van der Waals surface area contributed by atoms with Crippen LogP contribution < -0.4 is 5.32 Å². The van der Waals surface area contributed by atoms with Crippen LogP contribution >= 0.6 is 0 Å². The Bertz CT molecular complexity index is 384. The smallest absolute Gasteiger partial charge is 0.134 e. The van der Waals surface area contributed by atoms with Gasteiger partial charge in [-0.05, 0) is 25.7 Å². The molecule has 1 saturated carbocycles. The molecule has 2 rings (SSSR count). The third kappa shape index (κ3) is 3.90. The number of aromatic nitrogens is 2. The van der Waals surface area contributed by atoms with Gasteiger partial charge in [0.2, 0.25) is 0 Å². The van der Waals surface area contributed by atoms with E-state index in [1.165, 1.54) is 25.7 Å². The summed E-state index contributed by atoms with van der Waals surface area (Å²) in [6.07, 6.45) is 5.06. The summed E-state index contributed by atoms with van der Waals surface area (Å²) in [6, 6.07) is 1.99. The van der Waals surface area contributed by atoms with E-state index in [2.05, 4.69) is 29.1 Å². The first-order chi connectivity index (χ1) is 9.22. The van der Waals surface area contributed by atoms with Crippen molar-refractivity contribution in [2.75, 3.05) is 19.0 Å². The largest absolute Gasteiger partial charge is 0.378 e. The summed E-state index contributed by atoms with van der Waals surface area (Å²) >= 11 is 0. The third-order valence-electron chi connectivity index (χ3n) is 3.75. The Balaban J connectivity index is 2.21. The molecule has 19 heavy (non-hydrogen) atoms. The van der Waals surface area contributed by atoms with Crippen LogP contribution in [0.3, 0.4) is 0 Å². The molecule has 2 atom stereocenters. The molecule has 1 aromatic heterocycles. The molecule has 0 amide bonds. The minimum Gasteiger partial charge on any atom is -0.378 e. The van der Waals surface area contributed by atoms with Crippen LogP contribution in [-0.4, -0.2) is 23.6 Å². The Morgan fingerprint density at radius 3 is 2.89 bits per heavy atom. The van der Waals surface area contributed by atoms with Gasteiger partial charge in [0.25, 0.3) is 0 Å². The monoisotopic (exact) mass is 263 g/mol. The topological polar surface area (TPSA) is 47.0 Å². The van der Waals surface area contributed by atoms with Crippen LogP contribution in [0, 0.1) is 5.92 Å². The summed E-state index contributed by atoms with van der Waals surface area (Å²) in [4.78, 5) is 9.37. The second-order valence-electron chi connectivity index (χ2n) is 5.53. The standard InChI is InChI=1S/C15H25N3O/c1-4-16-14-9-13(10-19-3)17-15(18-14)12-7-5-6-11(2)8-12/h9,11-12H,4-8,10H2,1-3H3,(H,16,17,18). The van der Waals surface area contributed by atoms with E-state index in [9.17, 15) is 0 Å². The molecule has 4 nitrogen and oxygen atoms in total. The van der Waals surface area contributed by atoms with Crippen molar-refractivity contribution in [1.29, 1.82) is 0 Å². The SMILES string of the molecule is CCNc1cc(COC)nc(C2CCCC(C)C2)n1. The van der Waals surface area contributed by atoms with E-state index in [1.54, 1.807) is 7.11 Å². The van der Waals surface area contributed by atoms with Crippen LogP contribution in [-0.2, 0) is 11.3 Å². The molecule has 2 unspecified atom stereocenters. The van der Waals surface area contributed by atoms with Gasteiger partial charge in [-0.3, -0.25) is 0 Å². The Morgan fingerprint density at radius 2 is 2.21 bits per heavy atom. The van der Waals surface area contributed by atoms with Crippen molar-refractivity contribution in [1.82, 2.24) is 9.97 Å². The van der Waals surface area contributed by atoms with E-state index in [0.29, 0.717) is 12.5 Å². The normalized spacial score (nSPS) is 23.3. The van der Waals surface area contributed by atoms with Crippen LogP contribution in [0.2, 0.25) is 0 Å². The minimum absolute atomic E-state index is 0.512. The number of methoxy groups -OCH3 is 1.